The van der Waals surface area contributed by atoms with Crippen molar-refractivity contribution in [1.82, 2.24) is 0 Å². The van der Waals surface area contributed by atoms with Crippen LogP contribution in [0.2, 0.25) is 0 Å². The van der Waals surface area contributed by atoms with Crippen LogP contribution in [-0.2, 0) is 9.47 Å². The Morgan fingerprint density at radius 3 is 3.00 bits per heavy atom. The van der Waals surface area contributed by atoms with E-state index in [0.29, 0.717) is 6.61 Å². The van der Waals surface area contributed by atoms with E-state index in [4.69, 9.17) is 9.47 Å². The highest BCUT2D eigenvalue weighted by molar-refractivity contribution is 9.10. The molecule has 20 heavy (non-hydrogen) atoms. The zero-order valence-corrected chi connectivity index (χ0v) is 13.4. The van der Waals surface area contributed by atoms with Gasteiger partial charge in [-0.3, -0.25) is 0 Å². The SMILES string of the molecule is Cc1ccc(Br)cc1C(O)C1CCOC2(CCOC2)C1. The zero-order valence-electron chi connectivity index (χ0n) is 11.8. The monoisotopic (exact) mass is 340 g/mol. The summed E-state index contributed by atoms with van der Waals surface area (Å²) in [5, 5.41) is 10.8. The zero-order chi connectivity index (χ0) is 14.2. The third-order valence-electron chi connectivity index (χ3n) is 4.60. The van der Waals surface area contributed by atoms with Crippen LogP contribution in [0.15, 0.2) is 22.7 Å². The quantitative estimate of drug-likeness (QED) is 0.896. The lowest BCUT2D eigenvalue weighted by Gasteiger charge is -2.39. The van der Waals surface area contributed by atoms with Crippen molar-refractivity contribution in [1.29, 1.82) is 0 Å². The van der Waals surface area contributed by atoms with Crippen LogP contribution in [0.4, 0.5) is 0 Å². The summed E-state index contributed by atoms with van der Waals surface area (Å²) in [6, 6.07) is 6.10. The molecule has 2 heterocycles. The minimum absolute atomic E-state index is 0.149. The number of ether oxygens (including phenoxy) is 2. The van der Waals surface area contributed by atoms with Gasteiger partial charge in [-0.25, -0.2) is 0 Å². The summed E-state index contributed by atoms with van der Waals surface area (Å²) >= 11 is 3.49. The van der Waals surface area contributed by atoms with Crippen molar-refractivity contribution in [3.8, 4) is 0 Å². The van der Waals surface area contributed by atoms with Crippen molar-refractivity contribution in [3.63, 3.8) is 0 Å². The number of hydrogen-bond donors (Lipinski definition) is 1. The van der Waals surface area contributed by atoms with Gasteiger partial charge < -0.3 is 14.6 Å². The smallest absolute Gasteiger partial charge is 0.0940 e. The minimum atomic E-state index is -0.422. The Kier molecular flexibility index (Phi) is 4.18. The predicted octanol–water partition coefficient (Wildman–Crippen LogP) is 3.38. The van der Waals surface area contributed by atoms with Crippen LogP contribution in [0.3, 0.4) is 0 Å². The number of hydrogen-bond acceptors (Lipinski definition) is 3. The molecule has 0 aliphatic carbocycles. The first-order valence-corrected chi connectivity index (χ1v) is 8.05. The van der Waals surface area contributed by atoms with Gasteiger partial charge in [0.2, 0.25) is 0 Å². The molecule has 0 saturated carbocycles. The van der Waals surface area contributed by atoms with Gasteiger partial charge >= 0.3 is 0 Å². The van der Waals surface area contributed by atoms with Crippen molar-refractivity contribution in [3.05, 3.63) is 33.8 Å². The maximum atomic E-state index is 10.8. The van der Waals surface area contributed by atoms with E-state index in [0.717, 1.165) is 48.1 Å². The Morgan fingerprint density at radius 1 is 1.40 bits per heavy atom. The molecule has 3 rings (SSSR count). The molecule has 0 aromatic heterocycles. The summed E-state index contributed by atoms with van der Waals surface area (Å²) < 4.78 is 12.5. The lowest BCUT2D eigenvalue weighted by atomic mass is 9.79. The second kappa shape index (κ2) is 5.76. The van der Waals surface area contributed by atoms with Gasteiger partial charge in [0, 0.05) is 24.1 Å². The Bertz CT molecular complexity index is 483. The fourth-order valence-corrected chi connectivity index (χ4v) is 3.76. The van der Waals surface area contributed by atoms with E-state index in [9.17, 15) is 5.11 Å². The molecule has 2 aliphatic rings. The molecule has 0 bridgehead atoms. The molecule has 1 aromatic carbocycles. The number of aliphatic hydroxyl groups excluding tert-OH is 1. The summed E-state index contributed by atoms with van der Waals surface area (Å²) in [5.41, 5.74) is 2.02. The van der Waals surface area contributed by atoms with Gasteiger partial charge in [0.1, 0.15) is 0 Å². The number of benzene rings is 1. The Hall–Kier alpha value is -0.420. The molecule has 3 unspecified atom stereocenters. The summed E-state index contributed by atoms with van der Waals surface area (Å²) in [6.45, 7) is 4.23. The molecule has 4 heteroatoms. The number of halogens is 1. The van der Waals surface area contributed by atoms with Crippen LogP contribution < -0.4 is 0 Å². The van der Waals surface area contributed by atoms with Gasteiger partial charge in [-0.2, -0.15) is 0 Å². The molecule has 0 radical (unpaired) electrons. The molecule has 0 amide bonds. The van der Waals surface area contributed by atoms with E-state index < -0.39 is 6.10 Å². The lowest BCUT2D eigenvalue weighted by molar-refractivity contribution is -0.117. The number of rotatable bonds is 2. The van der Waals surface area contributed by atoms with Crippen molar-refractivity contribution >= 4 is 15.9 Å². The molecule has 2 saturated heterocycles. The van der Waals surface area contributed by atoms with Gasteiger partial charge in [-0.1, -0.05) is 22.0 Å². The average molecular weight is 341 g/mol. The highest BCUT2D eigenvalue weighted by Gasteiger charge is 2.43. The highest BCUT2D eigenvalue weighted by atomic mass is 79.9. The van der Waals surface area contributed by atoms with E-state index in [2.05, 4.69) is 28.9 Å². The standard InChI is InChI=1S/C16H21BrO3/c1-11-2-3-13(17)8-14(11)15(18)12-4-6-20-16(9-12)5-7-19-10-16/h2-3,8,12,15,18H,4-7,9-10H2,1H3. The van der Waals surface area contributed by atoms with Crippen LogP contribution in [0, 0.1) is 12.8 Å². The Labute approximate surface area is 128 Å². The molecule has 2 fully saturated rings. The first-order valence-electron chi connectivity index (χ1n) is 7.25. The van der Waals surface area contributed by atoms with Crippen molar-refractivity contribution < 1.29 is 14.6 Å². The van der Waals surface area contributed by atoms with E-state index in [1.54, 1.807) is 0 Å². The molecule has 1 aromatic rings. The third kappa shape index (κ3) is 2.80. The fraction of sp³-hybridized carbons (Fsp3) is 0.625. The lowest BCUT2D eigenvalue weighted by Crippen LogP contribution is -2.42. The summed E-state index contributed by atoms with van der Waals surface area (Å²) in [7, 11) is 0. The number of aliphatic hydroxyl groups is 1. The normalized spacial score (nSPS) is 31.6. The van der Waals surface area contributed by atoms with Gasteiger partial charge in [0.05, 0.1) is 18.3 Å². The molecule has 110 valence electrons. The third-order valence-corrected chi connectivity index (χ3v) is 5.10. The van der Waals surface area contributed by atoms with E-state index in [1.165, 1.54) is 0 Å². The van der Waals surface area contributed by atoms with Crippen LogP contribution in [0.25, 0.3) is 0 Å². The van der Waals surface area contributed by atoms with Crippen molar-refractivity contribution in [2.24, 2.45) is 5.92 Å². The first-order chi connectivity index (χ1) is 9.60. The molecule has 2 aliphatic heterocycles. The Balaban J connectivity index is 1.79. The summed E-state index contributed by atoms with van der Waals surface area (Å²) in [4.78, 5) is 0. The second-order valence-electron chi connectivity index (χ2n) is 6.03. The van der Waals surface area contributed by atoms with Gasteiger partial charge in [0.15, 0.2) is 0 Å². The van der Waals surface area contributed by atoms with Gasteiger partial charge in [-0.15, -0.1) is 0 Å². The van der Waals surface area contributed by atoms with Gasteiger partial charge in [0.25, 0.3) is 0 Å². The topological polar surface area (TPSA) is 38.7 Å². The largest absolute Gasteiger partial charge is 0.388 e. The van der Waals surface area contributed by atoms with E-state index in [1.807, 2.05) is 12.1 Å². The first kappa shape index (κ1) is 14.5. The predicted molar refractivity (Wildman–Crippen MR) is 80.7 cm³/mol. The summed E-state index contributed by atoms with van der Waals surface area (Å²) in [5.74, 6) is 0.249. The summed E-state index contributed by atoms with van der Waals surface area (Å²) in [6.07, 6.45) is 2.33. The van der Waals surface area contributed by atoms with E-state index in [-0.39, 0.29) is 11.5 Å². The van der Waals surface area contributed by atoms with Gasteiger partial charge in [-0.05, 0) is 48.9 Å². The van der Waals surface area contributed by atoms with E-state index >= 15 is 0 Å². The maximum Gasteiger partial charge on any atom is 0.0940 e. The average Bonchev–Trinajstić information content (AvgIpc) is 2.88. The molecule has 3 atom stereocenters. The number of aryl methyl sites for hydroxylation is 1. The van der Waals surface area contributed by atoms with Crippen molar-refractivity contribution in [2.75, 3.05) is 19.8 Å². The van der Waals surface area contributed by atoms with Crippen molar-refractivity contribution in [2.45, 2.75) is 37.9 Å². The van der Waals surface area contributed by atoms with Crippen LogP contribution in [-0.4, -0.2) is 30.5 Å². The fourth-order valence-electron chi connectivity index (χ4n) is 3.38. The molecular formula is C16H21BrO3. The highest BCUT2D eigenvalue weighted by Crippen LogP contribution is 2.41. The minimum Gasteiger partial charge on any atom is -0.388 e. The van der Waals surface area contributed by atoms with Crippen LogP contribution >= 0.6 is 15.9 Å². The Morgan fingerprint density at radius 2 is 2.25 bits per heavy atom. The second-order valence-corrected chi connectivity index (χ2v) is 6.95. The molecule has 1 spiro atoms. The van der Waals surface area contributed by atoms with Crippen LogP contribution in [0.1, 0.15) is 36.5 Å². The maximum absolute atomic E-state index is 10.8. The molecule has 3 nitrogen and oxygen atoms in total. The molecule has 1 N–H and O–H groups in total. The van der Waals surface area contributed by atoms with Crippen LogP contribution in [0.5, 0.6) is 0 Å². The molecular weight excluding hydrogens is 320 g/mol.